The van der Waals surface area contributed by atoms with Crippen molar-refractivity contribution in [1.82, 2.24) is 5.32 Å². The van der Waals surface area contributed by atoms with Gasteiger partial charge in [0, 0.05) is 5.02 Å². The van der Waals surface area contributed by atoms with Gasteiger partial charge >= 0.3 is 0 Å². The van der Waals surface area contributed by atoms with Crippen LogP contribution in [0.1, 0.15) is 44.2 Å². The molecule has 0 amide bonds. The lowest BCUT2D eigenvalue weighted by Crippen LogP contribution is -2.23. The first kappa shape index (κ1) is 12.7. The molecule has 1 unspecified atom stereocenters. The van der Waals surface area contributed by atoms with Crippen LogP contribution >= 0.6 is 11.6 Å². The minimum atomic E-state index is 0.311. The van der Waals surface area contributed by atoms with Gasteiger partial charge in [-0.05, 0) is 43.9 Å². The first-order valence-electron chi connectivity index (χ1n) is 6.49. The fourth-order valence-corrected chi connectivity index (χ4v) is 2.64. The molecule has 1 aliphatic rings. The maximum Gasteiger partial charge on any atom is 0.0550 e. The monoisotopic (exact) mass is 249 g/mol. The summed E-state index contributed by atoms with van der Waals surface area (Å²) < 4.78 is 0. The summed E-state index contributed by atoms with van der Waals surface area (Å²) in [6.07, 6.45) is 7.21. The van der Waals surface area contributed by atoms with Gasteiger partial charge in [-0.3, -0.25) is 0 Å². The molecular formula is C15H20ClN. The first-order valence-corrected chi connectivity index (χ1v) is 6.87. The number of rotatable bonds is 5. The fraction of sp³-hybridized carbons (Fsp3) is 0.467. The van der Waals surface area contributed by atoms with E-state index in [1.54, 1.807) is 0 Å². The summed E-state index contributed by atoms with van der Waals surface area (Å²) in [6, 6.07) is 8.48. The molecule has 0 radical (unpaired) electrons. The number of nitrogens with one attached hydrogen (secondary N) is 1. The van der Waals surface area contributed by atoms with E-state index in [2.05, 4.69) is 30.4 Å². The standard InChI is InChI=1S/C15H20ClN/c1-2-11-17-15(12-7-3-4-8-12)13-9-5-6-10-14(13)16/h5-7,9-10,15,17H,2-4,8,11H2,1H3. The number of hydrogen-bond acceptors (Lipinski definition) is 1. The van der Waals surface area contributed by atoms with Crippen molar-refractivity contribution in [2.75, 3.05) is 6.54 Å². The van der Waals surface area contributed by atoms with E-state index in [1.165, 1.54) is 30.4 Å². The van der Waals surface area contributed by atoms with Gasteiger partial charge in [-0.1, -0.05) is 48.4 Å². The number of benzene rings is 1. The molecule has 0 saturated carbocycles. The van der Waals surface area contributed by atoms with Crippen LogP contribution in [0.5, 0.6) is 0 Å². The lowest BCUT2D eigenvalue weighted by atomic mass is 9.98. The zero-order valence-corrected chi connectivity index (χ0v) is 11.1. The van der Waals surface area contributed by atoms with Gasteiger partial charge in [0.25, 0.3) is 0 Å². The second kappa shape index (κ2) is 6.23. The molecule has 1 aliphatic carbocycles. The van der Waals surface area contributed by atoms with Crippen LogP contribution in [0.15, 0.2) is 35.9 Å². The molecule has 0 heterocycles. The maximum absolute atomic E-state index is 6.31. The van der Waals surface area contributed by atoms with Gasteiger partial charge in [0.1, 0.15) is 0 Å². The molecule has 1 aromatic carbocycles. The average Bonchev–Trinajstić information content (AvgIpc) is 2.85. The van der Waals surface area contributed by atoms with Gasteiger partial charge in [-0.2, -0.15) is 0 Å². The van der Waals surface area contributed by atoms with Crippen LogP contribution < -0.4 is 5.32 Å². The molecule has 0 saturated heterocycles. The van der Waals surface area contributed by atoms with Crippen LogP contribution in [0, 0.1) is 0 Å². The lowest BCUT2D eigenvalue weighted by Gasteiger charge is -2.21. The summed E-state index contributed by atoms with van der Waals surface area (Å²) in [5.41, 5.74) is 2.72. The minimum Gasteiger partial charge on any atom is -0.306 e. The Hall–Kier alpha value is -0.790. The summed E-state index contributed by atoms with van der Waals surface area (Å²) in [7, 11) is 0. The van der Waals surface area contributed by atoms with Crippen molar-refractivity contribution in [2.24, 2.45) is 0 Å². The van der Waals surface area contributed by atoms with E-state index in [0.717, 1.165) is 18.0 Å². The predicted octanol–water partition coefficient (Wildman–Crippen LogP) is 4.49. The zero-order valence-electron chi connectivity index (χ0n) is 10.4. The highest BCUT2D eigenvalue weighted by Crippen LogP contribution is 2.33. The Labute approximate surface area is 109 Å². The molecule has 92 valence electrons. The molecule has 1 N–H and O–H groups in total. The highest BCUT2D eigenvalue weighted by molar-refractivity contribution is 6.31. The predicted molar refractivity (Wildman–Crippen MR) is 74.4 cm³/mol. The van der Waals surface area contributed by atoms with Gasteiger partial charge in [-0.25, -0.2) is 0 Å². The van der Waals surface area contributed by atoms with Crippen LogP contribution in [0.25, 0.3) is 0 Å². The van der Waals surface area contributed by atoms with E-state index in [4.69, 9.17) is 11.6 Å². The third-order valence-electron chi connectivity index (χ3n) is 3.26. The summed E-state index contributed by atoms with van der Waals surface area (Å²) in [5.74, 6) is 0. The van der Waals surface area contributed by atoms with Crippen LogP contribution in [-0.2, 0) is 0 Å². The van der Waals surface area contributed by atoms with Crippen molar-refractivity contribution in [2.45, 2.75) is 38.6 Å². The smallest absolute Gasteiger partial charge is 0.0550 e. The minimum absolute atomic E-state index is 0.311. The normalized spacial score (nSPS) is 16.9. The van der Waals surface area contributed by atoms with Crippen LogP contribution in [0.3, 0.4) is 0 Å². The van der Waals surface area contributed by atoms with E-state index in [-0.39, 0.29) is 0 Å². The van der Waals surface area contributed by atoms with Gasteiger partial charge in [0.2, 0.25) is 0 Å². The highest BCUT2D eigenvalue weighted by atomic mass is 35.5. The van der Waals surface area contributed by atoms with Crippen LogP contribution in [-0.4, -0.2) is 6.54 Å². The first-order chi connectivity index (χ1) is 8.33. The zero-order chi connectivity index (χ0) is 12.1. The highest BCUT2D eigenvalue weighted by Gasteiger charge is 2.20. The van der Waals surface area contributed by atoms with Crippen LogP contribution in [0.4, 0.5) is 0 Å². The van der Waals surface area contributed by atoms with E-state index in [1.807, 2.05) is 12.1 Å². The van der Waals surface area contributed by atoms with Crippen molar-refractivity contribution < 1.29 is 0 Å². The Balaban J connectivity index is 2.23. The number of allylic oxidation sites excluding steroid dienone is 1. The fourth-order valence-electron chi connectivity index (χ4n) is 2.40. The molecule has 0 aromatic heterocycles. The Morgan fingerprint density at radius 3 is 2.82 bits per heavy atom. The lowest BCUT2D eigenvalue weighted by molar-refractivity contribution is 0.579. The van der Waals surface area contributed by atoms with Gasteiger partial charge < -0.3 is 5.32 Å². The number of halogens is 1. The third-order valence-corrected chi connectivity index (χ3v) is 3.61. The van der Waals surface area contributed by atoms with E-state index >= 15 is 0 Å². The van der Waals surface area contributed by atoms with Crippen molar-refractivity contribution in [3.63, 3.8) is 0 Å². The average molecular weight is 250 g/mol. The summed E-state index contributed by atoms with van der Waals surface area (Å²) in [4.78, 5) is 0. The Morgan fingerprint density at radius 2 is 2.18 bits per heavy atom. The van der Waals surface area contributed by atoms with Gasteiger partial charge in [-0.15, -0.1) is 0 Å². The quantitative estimate of drug-likeness (QED) is 0.758. The second-order valence-corrected chi connectivity index (χ2v) is 4.99. The van der Waals surface area contributed by atoms with Crippen molar-refractivity contribution in [3.05, 3.63) is 46.5 Å². The van der Waals surface area contributed by atoms with Gasteiger partial charge in [0.05, 0.1) is 6.04 Å². The Bertz CT molecular complexity index is 398. The topological polar surface area (TPSA) is 12.0 Å². The molecule has 1 nitrogen and oxygen atoms in total. The van der Waals surface area contributed by atoms with Crippen molar-refractivity contribution in [3.8, 4) is 0 Å². The number of hydrogen-bond donors (Lipinski definition) is 1. The molecule has 0 bridgehead atoms. The molecule has 1 aromatic rings. The van der Waals surface area contributed by atoms with Crippen molar-refractivity contribution in [1.29, 1.82) is 0 Å². The molecular weight excluding hydrogens is 230 g/mol. The molecule has 2 heteroatoms. The summed E-state index contributed by atoms with van der Waals surface area (Å²) >= 11 is 6.31. The molecule has 0 aliphatic heterocycles. The molecule has 0 fully saturated rings. The van der Waals surface area contributed by atoms with E-state index in [9.17, 15) is 0 Å². The maximum atomic E-state index is 6.31. The second-order valence-electron chi connectivity index (χ2n) is 4.58. The van der Waals surface area contributed by atoms with E-state index < -0.39 is 0 Å². The third kappa shape index (κ3) is 3.11. The van der Waals surface area contributed by atoms with Crippen LogP contribution in [0.2, 0.25) is 5.02 Å². The summed E-state index contributed by atoms with van der Waals surface area (Å²) in [6.45, 7) is 3.23. The molecule has 1 atom stereocenters. The molecule has 0 spiro atoms. The molecule has 17 heavy (non-hydrogen) atoms. The summed E-state index contributed by atoms with van der Waals surface area (Å²) in [5, 5.41) is 4.49. The van der Waals surface area contributed by atoms with Gasteiger partial charge in [0.15, 0.2) is 0 Å². The largest absolute Gasteiger partial charge is 0.306 e. The molecule has 2 rings (SSSR count). The Kier molecular flexibility index (Phi) is 4.64. The van der Waals surface area contributed by atoms with E-state index in [0.29, 0.717) is 6.04 Å². The van der Waals surface area contributed by atoms with Crippen molar-refractivity contribution >= 4 is 11.6 Å². The Morgan fingerprint density at radius 1 is 1.35 bits per heavy atom. The SMILES string of the molecule is CCCNC(C1=CCCC1)c1ccccc1Cl.